The number of benzene rings is 1. The van der Waals surface area contributed by atoms with Crippen LogP contribution in [0.25, 0.3) is 10.9 Å². The Morgan fingerprint density at radius 3 is 2.80 bits per heavy atom. The van der Waals surface area contributed by atoms with Crippen LogP contribution < -0.4 is 5.56 Å². The van der Waals surface area contributed by atoms with E-state index in [2.05, 4.69) is 21.8 Å². The number of hydrogen-bond donors (Lipinski definition) is 1. The van der Waals surface area contributed by atoms with E-state index in [1.165, 1.54) is 25.7 Å². The highest BCUT2D eigenvalue weighted by molar-refractivity contribution is 5.77. The average molecular weight is 271 g/mol. The molecule has 1 aliphatic carbocycles. The lowest BCUT2D eigenvalue weighted by Crippen LogP contribution is -2.33. The van der Waals surface area contributed by atoms with Crippen LogP contribution in [0.15, 0.2) is 29.1 Å². The lowest BCUT2D eigenvalue weighted by Gasteiger charge is -2.26. The molecule has 0 radical (unpaired) electrons. The largest absolute Gasteiger partial charge is 0.309 e. The number of fused-ring (bicyclic) bond motifs is 1. The first-order valence-corrected chi connectivity index (χ1v) is 7.50. The van der Waals surface area contributed by atoms with E-state index in [4.69, 9.17) is 0 Å². The maximum Gasteiger partial charge on any atom is 0.258 e. The molecule has 3 rings (SSSR count). The Bertz CT molecular complexity index is 643. The first kappa shape index (κ1) is 13.3. The number of aromatic amines is 1. The molecule has 1 aliphatic rings. The topological polar surface area (TPSA) is 49.0 Å². The molecule has 0 bridgehead atoms. The van der Waals surface area contributed by atoms with Gasteiger partial charge in [-0.05, 0) is 31.5 Å². The van der Waals surface area contributed by atoms with Gasteiger partial charge in [0.1, 0.15) is 5.82 Å². The summed E-state index contributed by atoms with van der Waals surface area (Å²) in [4.78, 5) is 22.0. The van der Waals surface area contributed by atoms with E-state index in [0.717, 1.165) is 24.4 Å². The molecule has 1 N–H and O–H groups in total. The van der Waals surface area contributed by atoms with E-state index >= 15 is 0 Å². The standard InChI is InChI=1S/C16H21N3O/c1-2-19(12-7-3-4-8-12)11-15-17-14-10-6-5-9-13(14)16(20)18-15/h5-6,9-10,12H,2-4,7-8,11H2,1H3,(H,17,18,20). The number of nitrogens with zero attached hydrogens (tertiary/aromatic N) is 2. The van der Waals surface area contributed by atoms with Crippen molar-refractivity contribution in [2.24, 2.45) is 0 Å². The van der Waals surface area contributed by atoms with Gasteiger partial charge in [-0.2, -0.15) is 0 Å². The molecule has 1 heterocycles. The molecule has 0 aliphatic heterocycles. The summed E-state index contributed by atoms with van der Waals surface area (Å²) in [5.74, 6) is 0.780. The molecule has 1 aromatic heterocycles. The molecule has 106 valence electrons. The van der Waals surface area contributed by atoms with Crippen molar-refractivity contribution in [3.8, 4) is 0 Å². The normalized spacial score (nSPS) is 16.3. The highest BCUT2D eigenvalue weighted by Crippen LogP contribution is 2.24. The van der Waals surface area contributed by atoms with Crippen LogP contribution in [0, 0.1) is 0 Å². The van der Waals surface area contributed by atoms with Gasteiger partial charge in [0.2, 0.25) is 0 Å². The minimum Gasteiger partial charge on any atom is -0.309 e. The molecule has 0 spiro atoms. The summed E-state index contributed by atoms with van der Waals surface area (Å²) in [7, 11) is 0. The van der Waals surface area contributed by atoms with Gasteiger partial charge in [-0.25, -0.2) is 4.98 Å². The number of hydrogen-bond acceptors (Lipinski definition) is 3. The zero-order valence-electron chi connectivity index (χ0n) is 11.9. The quantitative estimate of drug-likeness (QED) is 0.930. The van der Waals surface area contributed by atoms with Crippen LogP contribution in [-0.4, -0.2) is 27.5 Å². The average Bonchev–Trinajstić information content (AvgIpc) is 2.99. The predicted octanol–water partition coefficient (Wildman–Crippen LogP) is 2.69. The maximum atomic E-state index is 12.1. The molecule has 0 atom stereocenters. The molecule has 0 amide bonds. The van der Waals surface area contributed by atoms with E-state index in [-0.39, 0.29) is 5.56 Å². The number of H-pyrrole nitrogens is 1. The second kappa shape index (κ2) is 5.75. The summed E-state index contributed by atoms with van der Waals surface area (Å²) in [5.41, 5.74) is 0.752. The first-order valence-electron chi connectivity index (χ1n) is 7.50. The lowest BCUT2D eigenvalue weighted by atomic mass is 10.2. The van der Waals surface area contributed by atoms with E-state index in [1.54, 1.807) is 0 Å². The van der Waals surface area contributed by atoms with Crippen LogP contribution in [-0.2, 0) is 6.54 Å². The summed E-state index contributed by atoms with van der Waals surface area (Å²) in [5, 5.41) is 0.667. The zero-order chi connectivity index (χ0) is 13.9. The van der Waals surface area contributed by atoms with E-state index in [0.29, 0.717) is 11.4 Å². The fourth-order valence-electron chi connectivity index (χ4n) is 3.17. The van der Waals surface area contributed by atoms with Crippen LogP contribution in [0.1, 0.15) is 38.4 Å². The summed E-state index contributed by atoms with van der Waals surface area (Å²) in [6, 6.07) is 8.17. The molecule has 1 aromatic carbocycles. The number of nitrogens with one attached hydrogen (secondary N) is 1. The van der Waals surface area contributed by atoms with Gasteiger partial charge >= 0.3 is 0 Å². The van der Waals surface area contributed by atoms with Crippen LogP contribution in [0.5, 0.6) is 0 Å². The highest BCUT2D eigenvalue weighted by Gasteiger charge is 2.22. The fraction of sp³-hybridized carbons (Fsp3) is 0.500. The molecular formula is C16H21N3O. The van der Waals surface area contributed by atoms with Crippen molar-refractivity contribution < 1.29 is 0 Å². The van der Waals surface area contributed by atoms with E-state index in [1.807, 2.05) is 24.3 Å². The number of aromatic nitrogens is 2. The Balaban J connectivity index is 1.88. The van der Waals surface area contributed by atoms with Crippen LogP contribution in [0.4, 0.5) is 0 Å². The Morgan fingerprint density at radius 2 is 2.05 bits per heavy atom. The van der Waals surface area contributed by atoms with Crippen molar-refractivity contribution >= 4 is 10.9 Å². The molecule has 20 heavy (non-hydrogen) atoms. The monoisotopic (exact) mass is 271 g/mol. The van der Waals surface area contributed by atoms with Gasteiger partial charge in [0.15, 0.2) is 0 Å². The van der Waals surface area contributed by atoms with Gasteiger partial charge in [0.05, 0.1) is 17.4 Å². The Kier molecular flexibility index (Phi) is 3.83. The molecule has 1 fully saturated rings. The minimum atomic E-state index is -0.0342. The fourth-order valence-corrected chi connectivity index (χ4v) is 3.17. The zero-order valence-corrected chi connectivity index (χ0v) is 11.9. The van der Waals surface area contributed by atoms with Gasteiger partial charge in [0, 0.05) is 6.04 Å². The second-order valence-electron chi connectivity index (χ2n) is 5.53. The third-order valence-electron chi connectivity index (χ3n) is 4.26. The molecule has 0 unspecified atom stereocenters. The molecular weight excluding hydrogens is 250 g/mol. The van der Waals surface area contributed by atoms with Crippen LogP contribution >= 0.6 is 0 Å². The van der Waals surface area contributed by atoms with Gasteiger partial charge < -0.3 is 4.98 Å². The summed E-state index contributed by atoms with van der Waals surface area (Å²) < 4.78 is 0. The third-order valence-corrected chi connectivity index (χ3v) is 4.26. The van der Waals surface area contributed by atoms with Gasteiger partial charge in [-0.15, -0.1) is 0 Å². The van der Waals surface area contributed by atoms with Crippen molar-refractivity contribution in [2.45, 2.75) is 45.2 Å². The maximum absolute atomic E-state index is 12.1. The van der Waals surface area contributed by atoms with Crippen molar-refractivity contribution in [1.82, 2.24) is 14.9 Å². The highest BCUT2D eigenvalue weighted by atomic mass is 16.1. The second-order valence-corrected chi connectivity index (χ2v) is 5.53. The van der Waals surface area contributed by atoms with Crippen molar-refractivity contribution in [3.63, 3.8) is 0 Å². The number of rotatable bonds is 4. The van der Waals surface area contributed by atoms with Crippen molar-refractivity contribution in [1.29, 1.82) is 0 Å². The van der Waals surface area contributed by atoms with Crippen molar-refractivity contribution in [2.75, 3.05) is 6.54 Å². The lowest BCUT2D eigenvalue weighted by molar-refractivity contribution is 0.195. The first-order chi connectivity index (χ1) is 9.78. The van der Waals surface area contributed by atoms with Crippen LogP contribution in [0.3, 0.4) is 0 Å². The minimum absolute atomic E-state index is 0.0342. The molecule has 0 saturated heterocycles. The Labute approximate surface area is 118 Å². The van der Waals surface area contributed by atoms with Crippen LogP contribution in [0.2, 0.25) is 0 Å². The SMILES string of the molecule is CCN(Cc1nc2ccccc2c(=O)[nH]1)C1CCCC1. The van der Waals surface area contributed by atoms with E-state index in [9.17, 15) is 4.79 Å². The molecule has 1 saturated carbocycles. The number of para-hydroxylation sites is 1. The van der Waals surface area contributed by atoms with E-state index < -0.39 is 0 Å². The summed E-state index contributed by atoms with van der Waals surface area (Å²) in [6.45, 7) is 3.92. The van der Waals surface area contributed by atoms with Gasteiger partial charge in [-0.1, -0.05) is 31.9 Å². The Hall–Kier alpha value is -1.68. The van der Waals surface area contributed by atoms with Gasteiger partial charge in [0.25, 0.3) is 5.56 Å². The predicted molar refractivity (Wildman–Crippen MR) is 80.7 cm³/mol. The van der Waals surface area contributed by atoms with Gasteiger partial charge in [-0.3, -0.25) is 9.69 Å². The smallest absolute Gasteiger partial charge is 0.258 e. The molecule has 2 aromatic rings. The van der Waals surface area contributed by atoms with Crippen molar-refractivity contribution in [3.05, 3.63) is 40.4 Å². The molecule has 4 nitrogen and oxygen atoms in total. The Morgan fingerprint density at radius 1 is 1.30 bits per heavy atom. The third kappa shape index (κ3) is 2.61. The summed E-state index contributed by atoms with van der Waals surface area (Å²) >= 11 is 0. The molecule has 4 heteroatoms. The summed E-state index contributed by atoms with van der Waals surface area (Å²) in [6.07, 6.45) is 5.18.